The Bertz CT molecular complexity index is 284. The van der Waals surface area contributed by atoms with Gasteiger partial charge in [-0.3, -0.25) is 0 Å². The second kappa shape index (κ2) is 3.17. The van der Waals surface area contributed by atoms with Crippen molar-refractivity contribution in [3.05, 3.63) is 0 Å². The van der Waals surface area contributed by atoms with Gasteiger partial charge < -0.3 is 18.9 Å². The molecule has 15 heavy (non-hydrogen) atoms. The summed E-state index contributed by atoms with van der Waals surface area (Å²) in [6.07, 6.45) is -1.06. The van der Waals surface area contributed by atoms with E-state index >= 15 is 0 Å². The van der Waals surface area contributed by atoms with Crippen LogP contribution in [0.5, 0.6) is 0 Å². The van der Waals surface area contributed by atoms with Gasteiger partial charge in [0.1, 0.15) is 6.10 Å². The summed E-state index contributed by atoms with van der Waals surface area (Å²) >= 11 is 0. The Kier molecular flexibility index (Phi) is 2.29. The van der Waals surface area contributed by atoms with Crippen LogP contribution in [0, 0.1) is 0 Å². The smallest absolute Gasteiger partial charge is 0.340 e. The molecule has 0 unspecified atom stereocenters. The molecule has 2 rings (SSSR count). The van der Waals surface area contributed by atoms with Crippen LogP contribution in [0.15, 0.2) is 0 Å². The van der Waals surface area contributed by atoms with Gasteiger partial charge in [0, 0.05) is 13.8 Å². The molecule has 2 atom stereocenters. The highest BCUT2D eigenvalue weighted by atomic mass is 16.8. The van der Waals surface area contributed by atoms with Crippen LogP contribution in [-0.4, -0.2) is 36.4 Å². The van der Waals surface area contributed by atoms with E-state index in [-0.39, 0.29) is 12.1 Å². The number of ether oxygens (including phenoxy) is 4. The first-order chi connectivity index (χ1) is 6.79. The van der Waals surface area contributed by atoms with Gasteiger partial charge in [0.15, 0.2) is 11.9 Å². The molecule has 2 fully saturated rings. The standard InChI is InChI=1S/C10H16O5/c1-9(2)12-5-6(13-9)7-8(11)15-10(3,4)14-7/h6-7H,5H2,1-4H3/t6-,7-/m1/s1. The molecule has 0 amide bonds. The second-order valence-electron chi connectivity index (χ2n) is 4.73. The minimum absolute atomic E-state index is 0.350. The number of carbonyl (C=O) groups is 1. The minimum Gasteiger partial charge on any atom is -0.432 e. The van der Waals surface area contributed by atoms with Gasteiger partial charge in [-0.05, 0) is 13.8 Å². The first-order valence-corrected chi connectivity index (χ1v) is 5.02. The third-order valence-corrected chi connectivity index (χ3v) is 2.36. The summed E-state index contributed by atoms with van der Waals surface area (Å²) in [5, 5.41) is 0. The van der Waals surface area contributed by atoms with E-state index in [2.05, 4.69) is 0 Å². The first-order valence-electron chi connectivity index (χ1n) is 5.02. The van der Waals surface area contributed by atoms with Gasteiger partial charge >= 0.3 is 5.97 Å². The number of hydrogen-bond donors (Lipinski definition) is 0. The lowest BCUT2D eigenvalue weighted by molar-refractivity contribution is -0.175. The van der Waals surface area contributed by atoms with Crippen LogP contribution in [0.1, 0.15) is 27.7 Å². The van der Waals surface area contributed by atoms with Gasteiger partial charge in [0.25, 0.3) is 0 Å². The van der Waals surface area contributed by atoms with Gasteiger partial charge in [-0.25, -0.2) is 4.79 Å². The van der Waals surface area contributed by atoms with E-state index in [1.165, 1.54) is 0 Å². The van der Waals surface area contributed by atoms with Gasteiger partial charge in [-0.15, -0.1) is 0 Å². The molecule has 5 nitrogen and oxygen atoms in total. The van der Waals surface area contributed by atoms with Crippen molar-refractivity contribution in [1.82, 2.24) is 0 Å². The van der Waals surface area contributed by atoms with E-state index in [4.69, 9.17) is 18.9 Å². The Labute approximate surface area is 88.6 Å². The highest BCUT2D eigenvalue weighted by molar-refractivity contribution is 5.77. The van der Waals surface area contributed by atoms with Crippen molar-refractivity contribution in [2.75, 3.05) is 6.61 Å². The molecular weight excluding hydrogens is 200 g/mol. The molecule has 2 heterocycles. The van der Waals surface area contributed by atoms with Crippen molar-refractivity contribution in [1.29, 1.82) is 0 Å². The van der Waals surface area contributed by atoms with Crippen LogP contribution in [0.2, 0.25) is 0 Å². The highest BCUT2D eigenvalue weighted by Gasteiger charge is 2.49. The third kappa shape index (κ3) is 2.14. The van der Waals surface area contributed by atoms with Crippen molar-refractivity contribution in [2.24, 2.45) is 0 Å². The molecular formula is C10H16O5. The Morgan fingerprint density at radius 2 is 1.80 bits per heavy atom. The number of rotatable bonds is 1. The summed E-state index contributed by atoms with van der Waals surface area (Å²) in [5.41, 5.74) is 0. The summed E-state index contributed by atoms with van der Waals surface area (Å²) in [5.74, 6) is -1.90. The number of carbonyl (C=O) groups excluding carboxylic acids is 1. The summed E-state index contributed by atoms with van der Waals surface area (Å²) in [6.45, 7) is 7.36. The Balaban J connectivity index is 2.04. The van der Waals surface area contributed by atoms with E-state index in [0.717, 1.165) is 0 Å². The molecule has 0 saturated carbocycles. The van der Waals surface area contributed by atoms with Crippen LogP contribution in [0.3, 0.4) is 0 Å². The van der Waals surface area contributed by atoms with Gasteiger partial charge in [0.05, 0.1) is 6.61 Å². The molecule has 0 bridgehead atoms. The highest BCUT2D eigenvalue weighted by Crippen LogP contribution is 2.32. The fraction of sp³-hybridized carbons (Fsp3) is 0.900. The molecule has 0 spiro atoms. The van der Waals surface area contributed by atoms with E-state index in [0.29, 0.717) is 6.61 Å². The fourth-order valence-corrected chi connectivity index (χ4v) is 1.77. The van der Waals surface area contributed by atoms with Crippen molar-refractivity contribution >= 4 is 5.97 Å². The van der Waals surface area contributed by atoms with Crippen LogP contribution in [0.4, 0.5) is 0 Å². The van der Waals surface area contributed by atoms with E-state index in [1.807, 2.05) is 0 Å². The number of cyclic esters (lactones) is 1. The van der Waals surface area contributed by atoms with Crippen LogP contribution >= 0.6 is 0 Å². The van der Waals surface area contributed by atoms with E-state index in [1.54, 1.807) is 27.7 Å². The van der Waals surface area contributed by atoms with Gasteiger partial charge in [-0.2, -0.15) is 0 Å². The lowest BCUT2D eigenvalue weighted by Gasteiger charge is -2.20. The van der Waals surface area contributed by atoms with Crippen LogP contribution < -0.4 is 0 Å². The Morgan fingerprint density at radius 1 is 1.13 bits per heavy atom. The zero-order chi connectivity index (χ0) is 11.3. The third-order valence-electron chi connectivity index (χ3n) is 2.36. The van der Waals surface area contributed by atoms with Crippen molar-refractivity contribution < 1.29 is 23.7 Å². The Morgan fingerprint density at radius 3 is 2.20 bits per heavy atom. The van der Waals surface area contributed by atoms with E-state index in [9.17, 15) is 4.79 Å². The van der Waals surface area contributed by atoms with Crippen LogP contribution in [-0.2, 0) is 23.7 Å². The first kappa shape index (κ1) is 10.9. The molecule has 0 aromatic heterocycles. The summed E-state index contributed by atoms with van der Waals surface area (Å²) < 4.78 is 21.4. The maximum Gasteiger partial charge on any atom is 0.340 e. The van der Waals surface area contributed by atoms with Crippen molar-refractivity contribution in [3.8, 4) is 0 Å². The van der Waals surface area contributed by atoms with Gasteiger partial charge in [-0.1, -0.05) is 0 Å². The minimum atomic E-state index is -0.863. The predicted molar refractivity (Wildman–Crippen MR) is 49.9 cm³/mol. The summed E-state index contributed by atoms with van der Waals surface area (Å²) in [7, 11) is 0. The van der Waals surface area contributed by atoms with Crippen molar-refractivity contribution in [3.63, 3.8) is 0 Å². The molecule has 0 N–H and O–H groups in total. The predicted octanol–water partition coefficient (Wildman–Crippen LogP) is 0.816. The lowest BCUT2D eigenvalue weighted by Crippen LogP contribution is -2.36. The van der Waals surface area contributed by atoms with Crippen LogP contribution in [0.25, 0.3) is 0 Å². The fourth-order valence-electron chi connectivity index (χ4n) is 1.77. The maximum atomic E-state index is 11.5. The number of hydrogen-bond acceptors (Lipinski definition) is 5. The topological polar surface area (TPSA) is 54.0 Å². The molecule has 2 aliphatic rings. The van der Waals surface area contributed by atoms with E-state index < -0.39 is 17.7 Å². The summed E-state index contributed by atoms with van der Waals surface area (Å²) in [4.78, 5) is 11.5. The Hall–Kier alpha value is -0.650. The molecule has 0 radical (unpaired) electrons. The molecule has 2 aliphatic heterocycles. The molecule has 0 aliphatic carbocycles. The SMILES string of the molecule is CC1(C)OC[C@H]([C@H]2OC(C)(C)OC2=O)O1. The lowest BCUT2D eigenvalue weighted by atomic mass is 10.2. The summed E-state index contributed by atoms with van der Waals surface area (Å²) in [6, 6.07) is 0. The monoisotopic (exact) mass is 216 g/mol. The molecule has 2 saturated heterocycles. The maximum absolute atomic E-state index is 11.5. The van der Waals surface area contributed by atoms with Gasteiger partial charge in [0.2, 0.25) is 5.79 Å². The number of esters is 1. The largest absolute Gasteiger partial charge is 0.432 e. The molecule has 0 aromatic rings. The zero-order valence-corrected chi connectivity index (χ0v) is 9.40. The zero-order valence-electron chi connectivity index (χ0n) is 9.40. The quantitative estimate of drug-likeness (QED) is 0.607. The molecule has 0 aromatic carbocycles. The normalized spacial score (nSPS) is 38.0. The average molecular weight is 216 g/mol. The molecule has 5 heteroatoms. The second-order valence-corrected chi connectivity index (χ2v) is 4.73. The molecule has 86 valence electrons. The average Bonchev–Trinajstić information content (AvgIpc) is 2.51. The van der Waals surface area contributed by atoms with Crippen molar-refractivity contribution in [2.45, 2.75) is 51.5 Å².